The summed E-state index contributed by atoms with van der Waals surface area (Å²) in [5.41, 5.74) is 2.10. The fourth-order valence-corrected chi connectivity index (χ4v) is 3.55. The predicted molar refractivity (Wildman–Crippen MR) is 71.3 cm³/mol. The summed E-state index contributed by atoms with van der Waals surface area (Å²) in [4.78, 5) is 0. The second-order valence-corrected chi connectivity index (χ2v) is 6.83. The molecular formula is C12H14ClIO. The number of alkyl halides is 2. The van der Waals surface area contributed by atoms with Crippen LogP contribution in [0.15, 0.2) is 24.3 Å². The number of rotatable bonds is 2. The Hall–Kier alpha value is 0.200. The number of benzene rings is 1. The molecule has 0 radical (unpaired) electrons. The summed E-state index contributed by atoms with van der Waals surface area (Å²) in [5.74, 6) is 0. The first kappa shape index (κ1) is 11.7. The predicted octanol–water partition coefficient (Wildman–Crippen LogP) is 4.52. The van der Waals surface area contributed by atoms with Gasteiger partial charge in [0.05, 0.1) is 5.60 Å². The monoisotopic (exact) mass is 336 g/mol. The van der Waals surface area contributed by atoms with Crippen LogP contribution in [0.25, 0.3) is 0 Å². The Morgan fingerprint density at radius 3 is 2.53 bits per heavy atom. The Balaban J connectivity index is 2.51. The van der Waals surface area contributed by atoms with Crippen LogP contribution in [-0.2, 0) is 13.4 Å². The Labute approximate surface area is 109 Å². The summed E-state index contributed by atoms with van der Waals surface area (Å²) in [7, 11) is 0. The fraction of sp³-hybridized carbons (Fsp3) is 0.500. The van der Waals surface area contributed by atoms with Crippen LogP contribution in [0.4, 0.5) is 0 Å². The van der Waals surface area contributed by atoms with Gasteiger partial charge in [-0.25, -0.2) is 0 Å². The highest BCUT2D eigenvalue weighted by Crippen LogP contribution is 2.54. The molecule has 2 atom stereocenters. The van der Waals surface area contributed by atoms with Crippen LogP contribution in [0.3, 0.4) is 0 Å². The number of hydrogen-bond acceptors (Lipinski definition) is 1. The third-order valence-corrected chi connectivity index (χ3v) is 3.97. The molecule has 82 valence electrons. The van der Waals surface area contributed by atoms with Gasteiger partial charge >= 0.3 is 0 Å². The molecule has 2 unspecified atom stereocenters. The van der Waals surface area contributed by atoms with Crippen molar-refractivity contribution in [1.29, 1.82) is 0 Å². The van der Waals surface area contributed by atoms with E-state index in [2.05, 4.69) is 48.6 Å². The molecule has 0 bridgehead atoms. The van der Waals surface area contributed by atoms with Gasteiger partial charge in [-0.1, -0.05) is 49.2 Å². The molecule has 1 aliphatic heterocycles. The summed E-state index contributed by atoms with van der Waals surface area (Å²) < 4.78 is 5.30. The average Bonchev–Trinajstić information content (AvgIpc) is 2.36. The van der Waals surface area contributed by atoms with Crippen molar-refractivity contribution in [3.05, 3.63) is 35.4 Å². The highest BCUT2D eigenvalue weighted by Gasteiger charge is 2.47. The molecule has 15 heavy (non-hydrogen) atoms. The summed E-state index contributed by atoms with van der Waals surface area (Å²) in [6, 6.07) is 8.23. The zero-order valence-electron chi connectivity index (χ0n) is 8.89. The van der Waals surface area contributed by atoms with E-state index in [0.29, 0.717) is 0 Å². The van der Waals surface area contributed by atoms with Crippen molar-refractivity contribution in [1.82, 2.24) is 0 Å². The van der Waals surface area contributed by atoms with Crippen LogP contribution in [-0.4, -0.2) is 0 Å². The molecule has 2 rings (SSSR count). The molecule has 0 spiro atoms. The highest BCUT2D eigenvalue weighted by atomic mass is 127. The first-order chi connectivity index (χ1) is 6.99. The van der Waals surface area contributed by atoms with Crippen molar-refractivity contribution in [3.8, 4) is 0 Å². The molecule has 0 aliphatic carbocycles. The van der Waals surface area contributed by atoms with Crippen molar-refractivity contribution in [2.24, 2.45) is 0 Å². The van der Waals surface area contributed by atoms with E-state index in [1.165, 1.54) is 5.56 Å². The maximum Gasteiger partial charge on any atom is 0.220 e. The van der Waals surface area contributed by atoms with E-state index in [1.54, 1.807) is 0 Å². The number of ether oxygens (including phenoxy) is 1. The van der Waals surface area contributed by atoms with E-state index < -0.39 is 3.07 Å². The van der Waals surface area contributed by atoms with Crippen LogP contribution in [0.5, 0.6) is 0 Å². The van der Waals surface area contributed by atoms with E-state index in [4.69, 9.17) is 16.3 Å². The van der Waals surface area contributed by atoms with Gasteiger partial charge in [0, 0.05) is 5.56 Å². The van der Waals surface area contributed by atoms with Crippen molar-refractivity contribution in [2.75, 3.05) is 0 Å². The van der Waals surface area contributed by atoms with E-state index in [-0.39, 0.29) is 5.60 Å². The van der Waals surface area contributed by atoms with E-state index >= 15 is 0 Å². The topological polar surface area (TPSA) is 9.23 Å². The first-order valence-electron chi connectivity index (χ1n) is 5.17. The summed E-state index contributed by atoms with van der Waals surface area (Å²) in [5, 5.41) is 0. The van der Waals surface area contributed by atoms with Gasteiger partial charge in [-0.05, 0) is 41.5 Å². The van der Waals surface area contributed by atoms with Gasteiger partial charge in [0.15, 0.2) is 0 Å². The lowest BCUT2D eigenvalue weighted by molar-refractivity contribution is -0.0456. The van der Waals surface area contributed by atoms with E-state index in [9.17, 15) is 0 Å². The van der Waals surface area contributed by atoms with Gasteiger partial charge in [-0.15, -0.1) is 0 Å². The quantitative estimate of drug-likeness (QED) is 0.570. The lowest BCUT2D eigenvalue weighted by Gasteiger charge is -2.26. The van der Waals surface area contributed by atoms with Gasteiger partial charge in [-0.3, -0.25) is 0 Å². The SMILES string of the molecule is CCCC1(C)OC(Cl)(I)c2ccccc21. The maximum absolute atomic E-state index is 6.38. The lowest BCUT2D eigenvalue weighted by atomic mass is 9.90. The molecule has 3 heteroatoms. The van der Waals surface area contributed by atoms with Gasteiger partial charge in [0.2, 0.25) is 3.07 Å². The normalized spacial score (nSPS) is 34.1. The summed E-state index contributed by atoms with van der Waals surface area (Å²) in [6.45, 7) is 4.29. The molecule has 0 amide bonds. The van der Waals surface area contributed by atoms with Crippen LogP contribution in [0.1, 0.15) is 37.8 Å². The minimum absolute atomic E-state index is 0.228. The molecule has 1 aromatic carbocycles. The van der Waals surface area contributed by atoms with Gasteiger partial charge in [0.1, 0.15) is 0 Å². The zero-order chi connectivity index (χ0) is 11.1. The Morgan fingerprint density at radius 1 is 1.33 bits per heavy atom. The Kier molecular flexibility index (Phi) is 3.03. The molecular weight excluding hydrogens is 322 g/mol. The summed E-state index contributed by atoms with van der Waals surface area (Å²) >= 11 is 8.55. The minimum atomic E-state index is -0.696. The van der Waals surface area contributed by atoms with E-state index in [0.717, 1.165) is 18.4 Å². The molecule has 0 fully saturated rings. The molecule has 0 N–H and O–H groups in total. The molecule has 1 heterocycles. The Bertz CT molecular complexity index is 378. The van der Waals surface area contributed by atoms with Crippen LogP contribution in [0.2, 0.25) is 0 Å². The molecule has 1 aliphatic rings. The standard InChI is InChI=1S/C12H14ClIO/c1-3-8-11(2)9-6-4-5-7-10(9)12(13,14)15-11/h4-7H,3,8H2,1-2H3. The molecule has 1 nitrogen and oxygen atoms in total. The lowest BCUT2D eigenvalue weighted by Crippen LogP contribution is -2.23. The number of halogens is 2. The van der Waals surface area contributed by atoms with Crippen LogP contribution < -0.4 is 0 Å². The van der Waals surface area contributed by atoms with Crippen LogP contribution in [0, 0.1) is 0 Å². The summed E-state index contributed by atoms with van der Waals surface area (Å²) in [6.07, 6.45) is 2.09. The third-order valence-electron chi connectivity index (χ3n) is 2.89. The minimum Gasteiger partial charge on any atom is -0.336 e. The third kappa shape index (κ3) is 1.92. The maximum atomic E-state index is 6.38. The molecule has 0 saturated carbocycles. The van der Waals surface area contributed by atoms with E-state index in [1.807, 2.05) is 12.1 Å². The fourth-order valence-electron chi connectivity index (χ4n) is 2.25. The molecule has 0 saturated heterocycles. The largest absolute Gasteiger partial charge is 0.336 e. The van der Waals surface area contributed by atoms with Crippen molar-refractivity contribution in [3.63, 3.8) is 0 Å². The zero-order valence-corrected chi connectivity index (χ0v) is 11.8. The van der Waals surface area contributed by atoms with Crippen molar-refractivity contribution >= 4 is 34.2 Å². The van der Waals surface area contributed by atoms with Gasteiger partial charge in [-0.2, -0.15) is 0 Å². The average molecular weight is 337 g/mol. The van der Waals surface area contributed by atoms with Crippen molar-refractivity contribution in [2.45, 2.75) is 35.4 Å². The Morgan fingerprint density at radius 2 is 1.93 bits per heavy atom. The second kappa shape index (κ2) is 3.90. The smallest absolute Gasteiger partial charge is 0.220 e. The van der Waals surface area contributed by atoms with Gasteiger partial charge in [0.25, 0.3) is 0 Å². The molecule has 1 aromatic rings. The van der Waals surface area contributed by atoms with Gasteiger partial charge < -0.3 is 4.74 Å². The van der Waals surface area contributed by atoms with Crippen molar-refractivity contribution < 1.29 is 4.74 Å². The first-order valence-corrected chi connectivity index (χ1v) is 6.63. The molecule has 0 aromatic heterocycles. The highest BCUT2D eigenvalue weighted by molar-refractivity contribution is 14.1. The second-order valence-electron chi connectivity index (χ2n) is 4.15. The van der Waals surface area contributed by atoms with Crippen LogP contribution >= 0.6 is 34.2 Å². The number of fused-ring (bicyclic) bond motifs is 1. The number of hydrogen-bond donors (Lipinski definition) is 0.